The van der Waals surface area contributed by atoms with Crippen molar-refractivity contribution in [2.45, 2.75) is 13.1 Å². The number of thioether (sulfide) groups is 1. The molecule has 1 aromatic heterocycles. The number of non-ortho nitro benzene ring substituents is 2. The molecule has 5 rings (SSSR count). The quantitative estimate of drug-likeness (QED) is 0.175. The van der Waals surface area contributed by atoms with E-state index < -0.39 is 21.0 Å². The molecular weight excluding hydrogens is 496 g/mol. The third kappa shape index (κ3) is 4.84. The minimum absolute atomic E-state index is 0.00612. The fraction of sp³-hybridized carbons (Fsp3) is 0.0769. The highest BCUT2D eigenvalue weighted by molar-refractivity contribution is 8.18. The number of hydrogen-bond donors (Lipinski definition) is 0. The molecule has 1 aliphatic heterocycles. The molecule has 1 aliphatic rings. The number of para-hydroxylation sites is 1. The molecule has 0 N–H and O–H groups in total. The Balaban J connectivity index is 1.44. The highest BCUT2D eigenvalue weighted by atomic mass is 32.2. The lowest BCUT2D eigenvalue weighted by Gasteiger charge is -2.12. The van der Waals surface area contributed by atoms with Crippen LogP contribution in [0.25, 0.3) is 17.0 Å². The summed E-state index contributed by atoms with van der Waals surface area (Å²) in [5, 5.41) is 22.6. The molecule has 0 radical (unpaired) electrons. The summed E-state index contributed by atoms with van der Waals surface area (Å²) in [6.45, 7) is 0.308. The first-order valence-corrected chi connectivity index (χ1v) is 11.9. The molecule has 184 valence electrons. The minimum Gasteiger partial charge on any atom is -0.342 e. The molecule has 0 bridgehead atoms. The molecule has 0 spiro atoms. The summed E-state index contributed by atoms with van der Waals surface area (Å²) in [6.07, 6.45) is 3.50. The van der Waals surface area contributed by atoms with Gasteiger partial charge in [0.25, 0.3) is 22.5 Å². The average molecular weight is 515 g/mol. The molecule has 1 saturated heterocycles. The fourth-order valence-electron chi connectivity index (χ4n) is 4.21. The lowest BCUT2D eigenvalue weighted by Crippen LogP contribution is -2.27. The van der Waals surface area contributed by atoms with Crippen molar-refractivity contribution in [1.29, 1.82) is 0 Å². The number of carbonyl (C=O) groups is 2. The highest BCUT2D eigenvalue weighted by Gasteiger charge is 2.35. The minimum atomic E-state index is -0.527. The lowest BCUT2D eigenvalue weighted by molar-refractivity contribution is -0.385. The van der Waals surface area contributed by atoms with Crippen molar-refractivity contribution >= 4 is 51.3 Å². The van der Waals surface area contributed by atoms with E-state index in [1.165, 1.54) is 30.3 Å². The number of amides is 2. The molecule has 2 heterocycles. The van der Waals surface area contributed by atoms with Gasteiger partial charge in [0.15, 0.2) is 0 Å². The van der Waals surface area contributed by atoms with Crippen LogP contribution in [0.4, 0.5) is 16.2 Å². The van der Waals surface area contributed by atoms with Gasteiger partial charge < -0.3 is 4.57 Å². The molecule has 10 nitrogen and oxygen atoms in total. The van der Waals surface area contributed by atoms with E-state index in [-0.39, 0.29) is 22.8 Å². The van der Waals surface area contributed by atoms with Crippen LogP contribution in [-0.4, -0.2) is 30.5 Å². The molecule has 0 unspecified atom stereocenters. The van der Waals surface area contributed by atoms with Crippen LogP contribution in [-0.2, 0) is 17.9 Å². The standard InChI is InChI=1S/C26H18N4O6S/c31-25-24(37-26(32)28(25)15-18-6-4-8-21(12-18)30(35)36)13-19-16-27(23-10-2-1-9-22(19)23)14-17-5-3-7-20(11-17)29(33)34/h1-13,16H,14-15H2/b24-13+. The van der Waals surface area contributed by atoms with E-state index in [1.54, 1.807) is 24.3 Å². The van der Waals surface area contributed by atoms with Crippen molar-refractivity contribution in [3.8, 4) is 0 Å². The van der Waals surface area contributed by atoms with Crippen LogP contribution in [0.5, 0.6) is 0 Å². The Morgan fingerprint density at radius 2 is 1.43 bits per heavy atom. The Bertz CT molecular complexity index is 1630. The number of nitro benzene ring substituents is 2. The number of aromatic nitrogens is 1. The van der Waals surface area contributed by atoms with Gasteiger partial charge in [0, 0.05) is 53.5 Å². The van der Waals surface area contributed by atoms with Crippen LogP contribution >= 0.6 is 11.8 Å². The van der Waals surface area contributed by atoms with Crippen LogP contribution in [0.1, 0.15) is 16.7 Å². The van der Waals surface area contributed by atoms with Gasteiger partial charge in [0.2, 0.25) is 0 Å². The van der Waals surface area contributed by atoms with Gasteiger partial charge in [0.05, 0.1) is 21.3 Å². The fourth-order valence-corrected chi connectivity index (χ4v) is 5.04. The SMILES string of the molecule is O=C1S/C(=C/c2cn(Cc3cccc([N+](=O)[O-])c3)c3ccccc23)C(=O)N1Cc1cccc([N+](=O)[O-])c1. The number of hydrogen-bond acceptors (Lipinski definition) is 7. The Labute approximate surface area is 214 Å². The summed E-state index contributed by atoms with van der Waals surface area (Å²) in [6, 6.07) is 19.8. The lowest BCUT2D eigenvalue weighted by atomic mass is 10.1. The van der Waals surface area contributed by atoms with Crippen molar-refractivity contribution in [3.63, 3.8) is 0 Å². The zero-order valence-electron chi connectivity index (χ0n) is 19.1. The van der Waals surface area contributed by atoms with Crippen LogP contribution in [0.15, 0.2) is 83.9 Å². The zero-order valence-corrected chi connectivity index (χ0v) is 20.0. The monoisotopic (exact) mass is 514 g/mol. The summed E-state index contributed by atoms with van der Waals surface area (Å²) in [4.78, 5) is 48.3. The highest BCUT2D eigenvalue weighted by Crippen LogP contribution is 2.35. The summed E-state index contributed by atoms with van der Waals surface area (Å²) < 4.78 is 1.94. The number of rotatable bonds is 7. The molecule has 11 heteroatoms. The first-order chi connectivity index (χ1) is 17.8. The second kappa shape index (κ2) is 9.70. The number of nitro groups is 2. The van der Waals surface area contributed by atoms with Gasteiger partial charge in [0.1, 0.15) is 0 Å². The average Bonchev–Trinajstić information content (AvgIpc) is 3.36. The van der Waals surface area contributed by atoms with E-state index in [1.807, 2.05) is 35.0 Å². The van der Waals surface area contributed by atoms with Crippen LogP contribution in [0, 0.1) is 20.2 Å². The zero-order chi connectivity index (χ0) is 26.1. The number of imide groups is 1. The van der Waals surface area contributed by atoms with Gasteiger partial charge in [-0.2, -0.15) is 0 Å². The predicted octanol–water partition coefficient (Wildman–Crippen LogP) is 5.74. The van der Waals surface area contributed by atoms with Gasteiger partial charge in [-0.05, 0) is 35.0 Å². The molecular formula is C26H18N4O6S. The Morgan fingerprint density at radius 1 is 0.811 bits per heavy atom. The van der Waals surface area contributed by atoms with E-state index in [0.717, 1.165) is 38.7 Å². The maximum absolute atomic E-state index is 13.1. The number of benzene rings is 3. The first kappa shape index (κ1) is 23.9. The summed E-state index contributed by atoms with van der Waals surface area (Å²) in [7, 11) is 0. The Morgan fingerprint density at radius 3 is 2.08 bits per heavy atom. The molecule has 4 aromatic rings. The van der Waals surface area contributed by atoms with E-state index >= 15 is 0 Å². The molecule has 37 heavy (non-hydrogen) atoms. The van der Waals surface area contributed by atoms with E-state index in [0.29, 0.717) is 12.1 Å². The molecule has 0 atom stereocenters. The topological polar surface area (TPSA) is 129 Å². The van der Waals surface area contributed by atoms with Gasteiger partial charge in [-0.15, -0.1) is 0 Å². The van der Waals surface area contributed by atoms with Crippen LogP contribution < -0.4 is 0 Å². The second-order valence-electron chi connectivity index (χ2n) is 8.35. The molecule has 3 aromatic carbocycles. The molecule has 2 amide bonds. The smallest absolute Gasteiger partial charge is 0.293 e. The predicted molar refractivity (Wildman–Crippen MR) is 139 cm³/mol. The third-order valence-electron chi connectivity index (χ3n) is 5.92. The van der Waals surface area contributed by atoms with Gasteiger partial charge in [-0.25, -0.2) is 0 Å². The van der Waals surface area contributed by atoms with Crippen LogP contribution in [0.3, 0.4) is 0 Å². The normalized spacial score (nSPS) is 14.6. The maximum atomic E-state index is 13.1. The number of fused-ring (bicyclic) bond motifs is 1. The van der Waals surface area contributed by atoms with Gasteiger partial charge in [-0.1, -0.05) is 42.5 Å². The van der Waals surface area contributed by atoms with Crippen molar-refractivity contribution in [2.24, 2.45) is 0 Å². The number of carbonyl (C=O) groups excluding carboxylic acids is 2. The van der Waals surface area contributed by atoms with Crippen LogP contribution in [0.2, 0.25) is 0 Å². The second-order valence-corrected chi connectivity index (χ2v) is 9.34. The molecule has 1 fully saturated rings. The first-order valence-electron chi connectivity index (χ1n) is 11.1. The van der Waals surface area contributed by atoms with Gasteiger partial charge in [-0.3, -0.25) is 34.7 Å². The van der Waals surface area contributed by atoms with Gasteiger partial charge >= 0.3 is 0 Å². The maximum Gasteiger partial charge on any atom is 0.293 e. The van der Waals surface area contributed by atoms with Crippen molar-refractivity contribution in [2.75, 3.05) is 0 Å². The van der Waals surface area contributed by atoms with Crippen molar-refractivity contribution < 1.29 is 19.4 Å². The summed E-state index contributed by atoms with van der Waals surface area (Å²) in [5.41, 5.74) is 2.71. The third-order valence-corrected chi connectivity index (χ3v) is 6.82. The Kier molecular flexibility index (Phi) is 6.28. The summed E-state index contributed by atoms with van der Waals surface area (Å²) >= 11 is 0.814. The number of nitrogens with zero attached hydrogens (tertiary/aromatic N) is 4. The molecule has 0 aliphatic carbocycles. The van der Waals surface area contributed by atoms with E-state index in [4.69, 9.17) is 0 Å². The largest absolute Gasteiger partial charge is 0.342 e. The van der Waals surface area contributed by atoms with Crippen molar-refractivity contribution in [3.05, 3.63) is 121 Å². The summed E-state index contributed by atoms with van der Waals surface area (Å²) in [5.74, 6) is -0.475. The Hall–Kier alpha value is -4.77. The van der Waals surface area contributed by atoms with E-state index in [9.17, 15) is 29.8 Å². The molecule has 0 saturated carbocycles. The van der Waals surface area contributed by atoms with Crippen molar-refractivity contribution in [1.82, 2.24) is 9.47 Å². The van der Waals surface area contributed by atoms with E-state index in [2.05, 4.69) is 0 Å².